The number of rotatable bonds is 2. The standard InChI is InChI=1S/C21H23N3O3/c1-12(25)13-10-23-15(9-16(13)26)20-19-14(7-6-8-17(19)27-5)22-24(20)11-18(23)21(2,3)4/h6-10,18H,11H2,1-5H3. The molecule has 1 unspecified atom stereocenters. The van der Waals surface area contributed by atoms with Crippen molar-refractivity contribution in [2.45, 2.75) is 40.3 Å². The lowest BCUT2D eigenvalue weighted by molar-refractivity contribution is 0.101. The quantitative estimate of drug-likeness (QED) is 0.650. The summed E-state index contributed by atoms with van der Waals surface area (Å²) in [5, 5.41) is 5.65. The maximum Gasteiger partial charge on any atom is 0.193 e. The van der Waals surface area contributed by atoms with Crippen molar-refractivity contribution in [3.05, 3.63) is 46.2 Å². The Balaban J connectivity index is 2.12. The van der Waals surface area contributed by atoms with E-state index in [2.05, 4.69) is 25.3 Å². The minimum atomic E-state index is -0.265. The predicted molar refractivity (Wildman–Crippen MR) is 104 cm³/mol. The lowest BCUT2D eigenvalue weighted by Gasteiger charge is -2.38. The number of Topliss-reactive ketones (excluding diaryl/α,β-unsaturated/α-hetero) is 1. The second-order valence-corrected chi connectivity index (χ2v) is 8.17. The van der Waals surface area contributed by atoms with Gasteiger partial charge in [0.05, 0.1) is 47.6 Å². The number of aromatic nitrogens is 3. The highest BCUT2D eigenvalue weighted by atomic mass is 16.5. The molecule has 4 rings (SSSR count). The zero-order chi connectivity index (χ0) is 19.5. The maximum atomic E-state index is 12.6. The molecule has 2 aromatic heterocycles. The minimum Gasteiger partial charge on any atom is -0.496 e. The van der Waals surface area contributed by atoms with Crippen LogP contribution in [0, 0.1) is 5.41 Å². The highest BCUT2D eigenvalue weighted by molar-refractivity contribution is 5.98. The summed E-state index contributed by atoms with van der Waals surface area (Å²) in [6.45, 7) is 8.55. The lowest BCUT2D eigenvalue weighted by Crippen LogP contribution is -2.35. The van der Waals surface area contributed by atoms with Crippen LogP contribution in [0.3, 0.4) is 0 Å². The van der Waals surface area contributed by atoms with Crippen LogP contribution in [0.4, 0.5) is 0 Å². The fraction of sp³-hybridized carbons (Fsp3) is 0.381. The molecule has 0 bridgehead atoms. The molecule has 1 aliphatic rings. The number of methoxy groups -OCH3 is 1. The van der Waals surface area contributed by atoms with Gasteiger partial charge in [0.15, 0.2) is 11.2 Å². The van der Waals surface area contributed by atoms with Gasteiger partial charge in [-0.05, 0) is 24.5 Å². The van der Waals surface area contributed by atoms with Gasteiger partial charge in [-0.1, -0.05) is 26.8 Å². The highest BCUT2D eigenvalue weighted by Crippen LogP contribution is 2.43. The van der Waals surface area contributed by atoms with E-state index < -0.39 is 0 Å². The van der Waals surface area contributed by atoms with Crippen LogP contribution in [0.1, 0.15) is 44.1 Å². The Hall–Kier alpha value is -2.89. The third-order valence-corrected chi connectivity index (χ3v) is 5.33. The van der Waals surface area contributed by atoms with E-state index in [1.807, 2.05) is 22.9 Å². The average molecular weight is 365 g/mol. The monoisotopic (exact) mass is 365 g/mol. The van der Waals surface area contributed by atoms with Crippen LogP contribution >= 0.6 is 0 Å². The third-order valence-electron chi connectivity index (χ3n) is 5.33. The van der Waals surface area contributed by atoms with E-state index in [0.29, 0.717) is 6.54 Å². The Morgan fingerprint density at radius 3 is 2.67 bits per heavy atom. The maximum absolute atomic E-state index is 12.6. The SMILES string of the molecule is COc1cccc2nn3c(c12)-c1cc(=O)c(C(C)=O)cn1C(C(C)(C)C)C3. The van der Waals surface area contributed by atoms with Gasteiger partial charge in [0.25, 0.3) is 0 Å². The first-order chi connectivity index (χ1) is 12.7. The molecule has 3 heterocycles. The minimum absolute atomic E-state index is 0.0546. The first-order valence-electron chi connectivity index (χ1n) is 9.03. The van der Waals surface area contributed by atoms with Crippen LogP contribution in [-0.2, 0) is 6.54 Å². The molecule has 0 fully saturated rings. The van der Waals surface area contributed by atoms with Crippen molar-refractivity contribution in [2.75, 3.05) is 7.11 Å². The van der Waals surface area contributed by atoms with Crippen molar-refractivity contribution in [2.24, 2.45) is 5.41 Å². The summed E-state index contributed by atoms with van der Waals surface area (Å²) in [4.78, 5) is 24.6. The predicted octanol–water partition coefficient (Wildman–Crippen LogP) is 3.68. The van der Waals surface area contributed by atoms with Crippen LogP contribution in [0.15, 0.2) is 35.3 Å². The second-order valence-electron chi connectivity index (χ2n) is 8.17. The van der Waals surface area contributed by atoms with E-state index in [1.54, 1.807) is 19.4 Å². The molecule has 1 aliphatic heterocycles. The van der Waals surface area contributed by atoms with Crippen LogP contribution in [0.25, 0.3) is 22.3 Å². The lowest BCUT2D eigenvalue weighted by atomic mass is 9.84. The number of ketones is 1. The topological polar surface area (TPSA) is 66.1 Å². The Labute approximate surface area is 157 Å². The molecule has 27 heavy (non-hydrogen) atoms. The summed E-state index contributed by atoms with van der Waals surface area (Å²) in [6.07, 6.45) is 1.72. The largest absolute Gasteiger partial charge is 0.496 e. The van der Waals surface area contributed by atoms with Crippen molar-refractivity contribution < 1.29 is 9.53 Å². The molecule has 0 aliphatic carbocycles. The molecule has 3 aromatic rings. The molecule has 0 radical (unpaired) electrons. The van der Waals surface area contributed by atoms with E-state index >= 15 is 0 Å². The van der Waals surface area contributed by atoms with E-state index in [4.69, 9.17) is 9.84 Å². The van der Waals surface area contributed by atoms with Crippen molar-refractivity contribution >= 4 is 16.7 Å². The molecule has 6 heteroatoms. The highest BCUT2D eigenvalue weighted by Gasteiger charge is 2.35. The van der Waals surface area contributed by atoms with E-state index in [9.17, 15) is 9.59 Å². The van der Waals surface area contributed by atoms with Crippen LogP contribution in [0.5, 0.6) is 5.75 Å². The third kappa shape index (κ3) is 2.59. The average Bonchev–Trinajstić information content (AvgIpc) is 2.98. The summed E-state index contributed by atoms with van der Waals surface area (Å²) in [5.41, 5.74) is 2.32. The number of carbonyl (C=O) groups is 1. The Morgan fingerprint density at radius 1 is 1.30 bits per heavy atom. The van der Waals surface area contributed by atoms with Crippen molar-refractivity contribution in [1.29, 1.82) is 0 Å². The van der Waals surface area contributed by atoms with Crippen LogP contribution in [-0.4, -0.2) is 27.2 Å². The number of nitrogens with zero attached hydrogens (tertiary/aromatic N) is 3. The van der Waals surface area contributed by atoms with Gasteiger partial charge in [-0.3, -0.25) is 14.3 Å². The van der Waals surface area contributed by atoms with Crippen molar-refractivity contribution in [1.82, 2.24) is 14.3 Å². The van der Waals surface area contributed by atoms with Crippen LogP contribution in [0.2, 0.25) is 0 Å². The van der Waals surface area contributed by atoms with Gasteiger partial charge >= 0.3 is 0 Å². The summed E-state index contributed by atoms with van der Waals surface area (Å²) >= 11 is 0. The smallest absolute Gasteiger partial charge is 0.193 e. The van der Waals surface area contributed by atoms with Crippen LogP contribution < -0.4 is 10.2 Å². The van der Waals surface area contributed by atoms with Gasteiger partial charge in [-0.2, -0.15) is 5.10 Å². The van der Waals surface area contributed by atoms with Crippen molar-refractivity contribution in [3.8, 4) is 17.1 Å². The Bertz CT molecular complexity index is 1130. The number of fused-ring (bicyclic) bond motifs is 5. The summed E-state index contributed by atoms with van der Waals surface area (Å²) in [6, 6.07) is 7.37. The first kappa shape index (κ1) is 17.5. The first-order valence-corrected chi connectivity index (χ1v) is 9.03. The summed E-state index contributed by atoms with van der Waals surface area (Å²) in [5.74, 6) is 0.502. The molecular formula is C21H23N3O3. The number of benzene rings is 1. The van der Waals surface area contributed by atoms with Gasteiger partial charge in [-0.25, -0.2) is 0 Å². The molecule has 1 atom stereocenters. The second kappa shape index (κ2) is 5.81. The van der Waals surface area contributed by atoms with E-state index in [1.165, 1.54) is 6.92 Å². The van der Waals surface area contributed by atoms with Gasteiger partial charge in [0, 0.05) is 12.3 Å². The number of hydrogen-bond acceptors (Lipinski definition) is 4. The zero-order valence-corrected chi connectivity index (χ0v) is 16.2. The molecule has 6 nitrogen and oxygen atoms in total. The fourth-order valence-corrected chi connectivity index (χ4v) is 3.92. The number of carbonyl (C=O) groups excluding carboxylic acids is 1. The number of ether oxygens (including phenoxy) is 1. The molecule has 1 aromatic carbocycles. The van der Waals surface area contributed by atoms with Gasteiger partial charge in [-0.15, -0.1) is 0 Å². The van der Waals surface area contributed by atoms with E-state index in [0.717, 1.165) is 28.0 Å². The number of hydrogen-bond donors (Lipinski definition) is 0. The fourth-order valence-electron chi connectivity index (χ4n) is 3.92. The van der Waals surface area contributed by atoms with Crippen molar-refractivity contribution in [3.63, 3.8) is 0 Å². The van der Waals surface area contributed by atoms with Gasteiger partial charge in [0.1, 0.15) is 5.75 Å². The zero-order valence-electron chi connectivity index (χ0n) is 16.2. The van der Waals surface area contributed by atoms with E-state index in [-0.39, 0.29) is 28.2 Å². The Kier molecular flexibility index (Phi) is 3.77. The molecule has 0 saturated carbocycles. The molecule has 0 saturated heterocycles. The summed E-state index contributed by atoms with van der Waals surface area (Å²) < 4.78 is 9.59. The Morgan fingerprint density at radius 2 is 2.04 bits per heavy atom. The number of pyridine rings is 1. The van der Waals surface area contributed by atoms with Gasteiger partial charge < -0.3 is 9.30 Å². The molecule has 0 amide bonds. The molecule has 0 N–H and O–H groups in total. The molecular weight excluding hydrogens is 342 g/mol. The summed E-state index contributed by atoms with van der Waals surface area (Å²) in [7, 11) is 1.63. The molecule has 140 valence electrons. The molecule has 0 spiro atoms. The normalized spacial score (nSPS) is 16.1. The van der Waals surface area contributed by atoms with Gasteiger partial charge in [0.2, 0.25) is 0 Å².